The van der Waals surface area contributed by atoms with Crippen LogP contribution in [-0.4, -0.2) is 29.7 Å². The lowest BCUT2D eigenvalue weighted by atomic mass is 9.93. The molecule has 1 amide bonds. The highest BCUT2D eigenvalue weighted by Gasteiger charge is 2.22. The highest BCUT2D eigenvalue weighted by Crippen LogP contribution is 2.17. The van der Waals surface area contributed by atoms with Crippen LogP contribution in [0.5, 0.6) is 0 Å². The van der Waals surface area contributed by atoms with Gasteiger partial charge in [0.1, 0.15) is 5.78 Å². The average molecular weight is 169 g/mol. The average Bonchev–Trinajstić information content (AvgIpc) is 2.04. The fourth-order valence-corrected chi connectivity index (χ4v) is 1.60. The number of amides is 1. The summed E-state index contributed by atoms with van der Waals surface area (Å²) in [4.78, 5) is 23.7. The molecule has 1 aliphatic heterocycles. The van der Waals surface area contributed by atoms with Gasteiger partial charge in [-0.3, -0.25) is 9.59 Å². The summed E-state index contributed by atoms with van der Waals surface area (Å²) in [6.45, 7) is 4.71. The first-order valence-electron chi connectivity index (χ1n) is 4.37. The molecular weight excluding hydrogens is 154 g/mol. The summed E-state index contributed by atoms with van der Waals surface area (Å²) in [5.74, 6) is 0.579. The molecule has 0 radical (unpaired) electrons. The minimum absolute atomic E-state index is 0.122. The maximum Gasteiger partial charge on any atom is 0.219 e. The summed E-state index contributed by atoms with van der Waals surface area (Å²) < 4.78 is 0. The van der Waals surface area contributed by atoms with Crippen molar-refractivity contribution in [1.29, 1.82) is 0 Å². The molecule has 1 fully saturated rings. The number of hydrogen-bond donors (Lipinski definition) is 0. The SMILES string of the molecule is CC(=O)C1CCN(C(C)=O)CC1. The van der Waals surface area contributed by atoms with Gasteiger partial charge in [0.25, 0.3) is 0 Å². The lowest BCUT2D eigenvalue weighted by molar-refractivity contribution is -0.132. The first kappa shape index (κ1) is 9.23. The second kappa shape index (κ2) is 3.70. The molecule has 1 saturated heterocycles. The quantitative estimate of drug-likeness (QED) is 0.583. The molecule has 0 spiro atoms. The molecule has 3 nitrogen and oxygen atoms in total. The Morgan fingerprint density at radius 1 is 1.17 bits per heavy atom. The predicted molar refractivity (Wildman–Crippen MR) is 45.7 cm³/mol. The molecule has 1 rings (SSSR count). The van der Waals surface area contributed by atoms with E-state index in [4.69, 9.17) is 0 Å². The molecule has 0 aromatic rings. The number of Topliss-reactive ketones (excluding diaryl/α,β-unsaturated/α-hetero) is 1. The Balaban J connectivity index is 2.39. The zero-order valence-electron chi connectivity index (χ0n) is 7.67. The van der Waals surface area contributed by atoms with Crippen LogP contribution < -0.4 is 0 Å². The number of piperidine rings is 1. The monoisotopic (exact) mass is 169 g/mol. The van der Waals surface area contributed by atoms with Gasteiger partial charge in [-0.2, -0.15) is 0 Å². The molecule has 1 aliphatic rings. The summed E-state index contributed by atoms with van der Waals surface area (Å²) >= 11 is 0. The lowest BCUT2D eigenvalue weighted by Crippen LogP contribution is -2.38. The molecule has 1 heterocycles. The van der Waals surface area contributed by atoms with E-state index >= 15 is 0 Å². The molecule has 0 N–H and O–H groups in total. The predicted octanol–water partition coefficient (Wildman–Crippen LogP) is 0.834. The van der Waals surface area contributed by atoms with Crippen LogP contribution >= 0.6 is 0 Å². The number of likely N-dealkylation sites (tertiary alicyclic amines) is 1. The smallest absolute Gasteiger partial charge is 0.219 e. The third-order valence-electron chi connectivity index (χ3n) is 2.52. The maximum absolute atomic E-state index is 11.0. The van der Waals surface area contributed by atoms with Gasteiger partial charge in [0, 0.05) is 25.9 Å². The van der Waals surface area contributed by atoms with Crippen LogP contribution in [0.1, 0.15) is 26.7 Å². The lowest BCUT2D eigenvalue weighted by Gasteiger charge is -2.29. The third kappa shape index (κ3) is 2.06. The Morgan fingerprint density at radius 2 is 1.67 bits per heavy atom. The summed E-state index contributed by atoms with van der Waals surface area (Å²) in [5.41, 5.74) is 0. The Kier molecular flexibility index (Phi) is 2.84. The fourth-order valence-electron chi connectivity index (χ4n) is 1.60. The van der Waals surface area contributed by atoms with Crippen LogP contribution in [0, 0.1) is 5.92 Å². The first-order valence-corrected chi connectivity index (χ1v) is 4.37. The first-order chi connectivity index (χ1) is 5.61. The zero-order chi connectivity index (χ0) is 9.14. The largest absolute Gasteiger partial charge is 0.343 e. The topological polar surface area (TPSA) is 37.4 Å². The van der Waals surface area contributed by atoms with E-state index in [0.717, 1.165) is 25.9 Å². The van der Waals surface area contributed by atoms with Crippen molar-refractivity contribution < 1.29 is 9.59 Å². The maximum atomic E-state index is 11.0. The second-order valence-electron chi connectivity index (χ2n) is 3.39. The van der Waals surface area contributed by atoms with Gasteiger partial charge in [-0.25, -0.2) is 0 Å². The minimum Gasteiger partial charge on any atom is -0.343 e. The summed E-state index contributed by atoms with van der Waals surface area (Å²) in [5, 5.41) is 0. The second-order valence-corrected chi connectivity index (χ2v) is 3.39. The summed E-state index contributed by atoms with van der Waals surface area (Å²) in [6, 6.07) is 0. The van der Waals surface area contributed by atoms with Gasteiger partial charge in [-0.05, 0) is 19.8 Å². The number of nitrogens with zero attached hydrogens (tertiary/aromatic N) is 1. The van der Waals surface area contributed by atoms with E-state index in [1.54, 1.807) is 18.7 Å². The highest BCUT2D eigenvalue weighted by atomic mass is 16.2. The van der Waals surface area contributed by atoms with Crippen LogP contribution in [0.4, 0.5) is 0 Å². The van der Waals surface area contributed by atoms with E-state index in [1.807, 2.05) is 0 Å². The van der Waals surface area contributed by atoms with Crippen molar-refractivity contribution in [3.8, 4) is 0 Å². The Bertz CT molecular complexity index is 171. The van der Waals surface area contributed by atoms with Gasteiger partial charge in [0.15, 0.2) is 0 Å². The van der Waals surface area contributed by atoms with Crippen molar-refractivity contribution >= 4 is 11.7 Å². The van der Waals surface area contributed by atoms with Gasteiger partial charge in [0.2, 0.25) is 5.91 Å². The molecule has 0 aromatic heterocycles. The molecule has 0 bridgehead atoms. The summed E-state index contributed by atoms with van der Waals surface area (Å²) in [6.07, 6.45) is 1.68. The van der Waals surface area contributed by atoms with Crippen LogP contribution in [0.3, 0.4) is 0 Å². The fraction of sp³-hybridized carbons (Fsp3) is 0.778. The Morgan fingerprint density at radius 3 is 2.00 bits per heavy atom. The number of ketones is 1. The zero-order valence-corrected chi connectivity index (χ0v) is 7.67. The Labute approximate surface area is 72.7 Å². The standard InChI is InChI=1S/C9H15NO2/c1-7(11)9-3-5-10(6-4-9)8(2)12/h9H,3-6H2,1-2H3. The van der Waals surface area contributed by atoms with E-state index < -0.39 is 0 Å². The van der Waals surface area contributed by atoms with Gasteiger partial charge < -0.3 is 4.90 Å². The summed E-state index contributed by atoms with van der Waals surface area (Å²) in [7, 11) is 0. The van der Waals surface area contributed by atoms with E-state index in [-0.39, 0.29) is 17.6 Å². The molecule has 0 saturated carbocycles. The van der Waals surface area contributed by atoms with E-state index in [9.17, 15) is 9.59 Å². The van der Waals surface area contributed by atoms with E-state index in [0.29, 0.717) is 0 Å². The molecule has 3 heteroatoms. The van der Waals surface area contributed by atoms with Crippen molar-refractivity contribution in [2.75, 3.05) is 13.1 Å². The van der Waals surface area contributed by atoms with Crippen LogP contribution in [0.25, 0.3) is 0 Å². The normalized spacial score (nSPS) is 19.3. The van der Waals surface area contributed by atoms with Crippen molar-refractivity contribution in [1.82, 2.24) is 4.90 Å². The van der Waals surface area contributed by atoms with Crippen molar-refractivity contribution in [2.24, 2.45) is 5.92 Å². The third-order valence-corrected chi connectivity index (χ3v) is 2.52. The molecular formula is C9H15NO2. The van der Waals surface area contributed by atoms with Gasteiger partial charge in [0.05, 0.1) is 0 Å². The molecule has 68 valence electrons. The Hall–Kier alpha value is -0.860. The number of rotatable bonds is 1. The van der Waals surface area contributed by atoms with Gasteiger partial charge in [-0.15, -0.1) is 0 Å². The van der Waals surface area contributed by atoms with Crippen molar-refractivity contribution in [3.05, 3.63) is 0 Å². The van der Waals surface area contributed by atoms with Crippen LogP contribution in [0.15, 0.2) is 0 Å². The molecule has 12 heavy (non-hydrogen) atoms. The van der Waals surface area contributed by atoms with Gasteiger partial charge >= 0.3 is 0 Å². The molecule has 0 unspecified atom stereocenters. The molecule has 0 atom stereocenters. The van der Waals surface area contributed by atoms with Crippen LogP contribution in [-0.2, 0) is 9.59 Å². The molecule has 0 aliphatic carbocycles. The van der Waals surface area contributed by atoms with E-state index in [1.165, 1.54) is 0 Å². The van der Waals surface area contributed by atoms with E-state index in [2.05, 4.69) is 0 Å². The van der Waals surface area contributed by atoms with Crippen LogP contribution in [0.2, 0.25) is 0 Å². The van der Waals surface area contributed by atoms with Crippen molar-refractivity contribution in [3.63, 3.8) is 0 Å². The van der Waals surface area contributed by atoms with Gasteiger partial charge in [-0.1, -0.05) is 0 Å². The highest BCUT2D eigenvalue weighted by molar-refractivity contribution is 5.79. The molecule has 0 aromatic carbocycles. The minimum atomic E-state index is 0.122. The van der Waals surface area contributed by atoms with Crippen molar-refractivity contribution in [2.45, 2.75) is 26.7 Å². The number of hydrogen-bond acceptors (Lipinski definition) is 2. The number of carbonyl (C=O) groups is 2. The number of carbonyl (C=O) groups excluding carboxylic acids is 2.